The maximum atomic E-state index is 2.41. The van der Waals surface area contributed by atoms with E-state index in [1.807, 2.05) is 0 Å². The molecule has 0 unspecified atom stereocenters. The largest absolute Gasteiger partial charge is 0.0610 e. The summed E-state index contributed by atoms with van der Waals surface area (Å²) in [6, 6.07) is 59.3. The highest BCUT2D eigenvalue weighted by Crippen LogP contribution is 2.42. The van der Waals surface area contributed by atoms with Crippen LogP contribution in [0.15, 0.2) is 158 Å². The predicted molar refractivity (Wildman–Crippen MR) is 200 cm³/mol. The number of rotatable bonds is 2. The van der Waals surface area contributed by atoms with E-state index < -0.39 is 0 Å². The molecule has 0 radical (unpaired) electrons. The molecule has 0 atom stereocenters. The molecule has 46 heavy (non-hydrogen) atoms. The third-order valence-electron chi connectivity index (χ3n) is 10.5. The smallest absolute Gasteiger partial charge is 0.00206 e. The summed E-state index contributed by atoms with van der Waals surface area (Å²) < 4.78 is 0. The first-order valence-corrected chi connectivity index (χ1v) is 16.1. The monoisotopic (exact) mass is 578 g/mol. The van der Waals surface area contributed by atoms with Crippen molar-refractivity contribution in [1.29, 1.82) is 0 Å². The molecule has 0 nitrogen and oxygen atoms in total. The van der Waals surface area contributed by atoms with Gasteiger partial charge in [-0.3, -0.25) is 0 Å². The van der Waals surface area contributed by atoms with Crippen LogP contribution in [0.2, 0.25) is 0 Å². The molecular weight excluding hydrogens is 553 g/mol. The molecule has 0 heterocycles. The second-order valence-electron chi connectivity index (χ2n) is 12.9. The van der Waals surface area contributed by atoms with Gasteiger partial charge in [0.15, 0.2) is 0 Å². The van der Waals surface area contributed by atoms with Gasteiger partial charge in [-0.1, -0.05) is 133 Å². The van der Waals surface area contributed by atoms with Gasteiger partial charge in [0.2, 0.25) is 0 Å². The molecule has 0 aromatic heterocycles. The molecule has 0 heteroatoms. The molecule has 0 saturated heterocycles. The Bertz CT molecular complexity index is 2940. The van der Waals surface area contributed by atoms with Crippen LogP contribution in [0.1, 0.15) is 0 Å². The minimum Gasteiger partial charge on any atom is -0.0610 e. The van der Waals surface area contributed by atoms with Crippen LogP contribution >= 0.6 is 0 Å². The summed E-state index contributed by atoms with van der Waals surface area (Å²) in [5, 5.41) is 21.0. The van der Waals surface area contributed by atoms with E-state index in [1.165, 1.54) is 108 Å². The summed E-state index contributed by atoms with van der Waals surface area (Å²) in [5.41, 5.74) is 5.05. The van der Waals surface area contributed by atoms with Crippen molar-refractivity contribution >= 4 is 86.2 Å². The quantitative estimate of drug-likeness (QED) is 0.179. The highest BCUT2D eigenvalue weighted by molar-refractivity contribution is 6.26. The van der Waals surface area contributed by atoms with Crippen molar-refractivity contribution in [2.24, 2.45) is 0 Å². The van der Waals surface area contributed by atoms with Gasteiger partial charge in [0.05, 0.1) is 0 Å². The van der Waals surface area contributed by atoms with Gasteiger partial charge >= 0.3 is 0 Å². The van der Waals surface area contributed by atoms with Gasteiger partial charge in [-0.2, -0.15) is 0 Å². The van der Waals surface area contributed by atoms with Crippen LogP contribution < -0.4 is 0 Å². The van der Waals surface area contributed by atoms with Crippen LogP contribution in [0.25, 0.3) is 108 Å². The Hall–Kier alpha value is -5.98. The Morgan fingerprint density at radius 1 is 0.217 bits per heavy atom. The zero-order valence-electron chi connectivity index (χ0n) is 25.0. The molecule has 11 aromatic rings. The van der Waals surface area contributed by atoms with E-state index in [0.29, 0.717) is 0 Å². The van der Waals surface area contributed by atoms with Crippen LogP contribution in [0, 0.1) is 0 Å². The molecule has 0 bridgehead atoms. The van der Waals surface area contributed by atoms with Gasteiger partial charge in [-0.05, 0) is 133 Å². The first-order chi connectivity index (χ1) is 22.8. The van der Waals surface area contributed by atoms with E-state index in [2.05, 4.69) is 158 Å². The van der Waals surface area contributed by atoms with Crippen LogP contribution in [-0.2, 0) is 0 Å². The first kappa shape index (κ1) is 24.4. The van der Waals surface area contributed by atoms with Gasteiger partial charge in [-0.25, -0.2) is 0 Å². The van der Waals surface area contributed by atoms with Crippen molar-refractivity contribution in [1.82, 2.24) is 0 Å². The van der Waals surface area contributed by atoms with Crippen molar-refractivity contribution < 1.29 is 0 Å². The fraction of sp³-hybridized carbons (Fsp3) is 0. The Morgan fingerprint density at radius 2 is 0.630 bits per heavy atom. The van der Waals surface area contributed by atoms with Gasteiger partial charge in [0.1, 0.15) is 0 Å². The molecule has 11 aromatic carbocycles. The van der Waals surface area contributed by atoms with Crippen LogP contribution in [-0.4, -0.2) is 0 Å². The highest BCUT2D eigenvalue weighted by atomic mass is 14.2. The maximum absolute atomic E-state index is 2.41. The second kappa shape index (κ2) is 8.81. The molecule has 0 aliphatic rings. The fourth-order valence-corrected chi connectivity index (χ4v) is 8.30. The minimum atomic E-state index is 1.25. The van der Waals surface area contributed by atoms with Gasteiger partial charge in [0, 0.05) is 0 Å². The topological polar surface area (TPSA) is 0 Å². The third kappa shape index (κ3) is 3.28. The van der Waals surface area contributed by atoms with E-state index in [-0.39, 0.29) is 0 Å². The van der Waals surface area contributed by atoms with Crippen molar-refractivity contribution in [3.8, 4) is 22.3 Å². The molecule has 0 aliphatic heterocycles. The Balaban J connectivity index is 1.13. The SMILES string of the molecule is c1cc2ccc3cc(-c4ccc5ccc6ccc(-c7ccc8ccc9cccc%10ccc7c8c9%10)cc6c5c4)cc4ccc(c1)c2c34. The number of hydrogen-bond acceptors (Lipinski definition) is 0. The molecule has 0 N–H and O–H groups in total. The molecule has 0 aliphatic carbocycles. The molecule has 11 rings (SSSR count). The summed E-state index contributed by atoms with van der Waals surface area (Å²) in [6.45, 7) is 0. The lowest BCUT2D eigenvalue weighted by Gasteiger charge is -2.15. The van der Waals surface area contributed by atoms with E-state index in [4.69, 9.17) is 0 Å². The Kier molecular flexibility index (Phi) is 4.66. The van der Waals surface area contributed by atoms with E-state index >= 15 is 0 Å². The lowest BCUT2D eigenvalue weighted by molar-refractivity contribution is 1.69. The summed E-state index contributed by atoms with van der Waals surface area (Å²) in [6.07, 6.45) is 0. The van der Waals surface area contributed by atoms with E-state index in [0.717, 1.165) is 0 Å². The number of hydrogen-bond donors (Lipinski definition) is 0. The highest BCUT2D eigenvalue weighted by Gasteiger charge is 2.14. The Labute approximate surface area is 265 Å². The molecule has 210 valence electrons. The van der Waals surface area contributed by atoms with Gasteiger partial charge in [0.25, 0.3) is 0 Å². The van der Waals surface area contributed by atoms with Crippen LogP contribution in [0.3, 0.4) is 0 Å². The molecular formula is C46H26. The maximum Gasteiger partial charge on any atom is -0.00206 e. The predicted octanol–water partition coefficient (Wildman–Crippen LogP) is 13.1. The van der Waals surface area contributed by atoms with Crippen molar-refractivity contribution in [2.75, 3.05) is 0 Å². The van der Waals surface area contributed by atoms with Crippen LogP contribution in [0.5, 0.6) is 0 Å². The van der Waals surface area contributed by atoms with Crippen molar-refractivity contribution in [2.45, 2.75) is 0 Å². The average molecular weight is 579 g/mol. The average Bonchev–Trinajstić information content (AvgIpc) is 3.12. The van der Waals surface area contributed by atoms with Crippen LogP contribution in [0.4, 0.5) is 0 Å². The first-order valence-electron chi connectivity index (χ1n) is 16.1. The number of fused-ring (bicyclic) bond motifs is 3. The fourth-order valence-electron chi connectivity index (χ4n) is 8.30. The molecule has 0 saturated carbocycles. The summed E-state index contributed by atoms with van der Waals surface area (Å²) in [7, 11) is 0. The molecule has 0 spiro atoms. The lowest BCUT2D eigenvalue weighted by atomic mass is 9.88. The number of benzene rings is 11. The summed E-state index contributed by atoms with van der Waals surface area (Å²) >= 11 is 0. The zero-order valence-corrected chi connectivity index (χ0v) is 25.0. The summed E-state index contributed by atoms with van der Waals surface area (Å²) in [5.74, 6) is 0. The lowest BCUT2D eigenvalue weighted by Crippen LogP contribution is -1.88. The molecule has 0 fully saturated rings. The minimum absolute atomic E-state index is 1.25. The second-order valence-corrected chi connectivity index (χ2v) is 12.9. The normalized spacial score (nSPS) is 12.3. The third-order valence-corrected chi connectivity index (χ3v) is 10.5. The Morgan fingerprint density at radius 3 is 1.26 bits per heavy atom. The van der Waals surface area contributed by atoms with Gasteiger partial charge in [-0.15, -0.1) is 0 Å². The van der Waals surface area contributed by atoms with E-state index in [9.17, 15) is 0 Å². The summed E-state index contributed by atoms with van der Waals surface area (Å²) in [4.78, 5) is 0. The zero-order chi connectivity index (χ0) is 29.9. The van der Waals surface area contributed by atoms with Crippen molar-refractivity contribution in [3.05, 3.63) is 158 Å². The standard InChI is InChI=1S/C46H26/c1-3-29-13-17-36-23-38(24-37-18-14-30(4-1)43(29)45(36)37)34-15-9-27-7-8-28-10-16-35(26-42(28)41(27)25-34)39-21-19-33-12-11-31-5-2-6-32-20-22-40(39)46(33)44(31)32/h1-26H. The van der Waals surface area contributed by atoms with Gasteiger partial charge < -0.3 is 0 Å². The molecule has 0 amide bonds. The van der Waals surface area contributed by atoms with Crippen molar-refractivity contribution in [3.63, 3.8) is 0 Å². The van der Waals surface area contributed by atoms with E-state index in [1.54, 1.807) is 0 Å².